The average Bonchev–Trinajstić information content (AvgIpc) is 3.38. The maximum atomic E-state index is 5.78. The van der Waals surface area contributed by atoms with Gasteiger partial charge in [0.2, 0.25) is 5.95 Å². The van der Waals surface area contributed by atoms with Gasteiger partial charge in [0, 0.05) is 43.7 Å². The van der Waals surface area contributed by atoms with Crippen LogP contribution in [-0.4, -0.2) is 47.3 Å². The first-order chi connectivity index (χ1) is 17.5. The number of thiocarbonyl (C=S) groups is 1. The molecule has 3 aliphatic rings. The lowest BCUT2D eigenvalue weighted by molar-refractivity contribution is 0.435. The summed E-state index contributed by atoms with van der Waals surface area (Å²) in [6, 6.07) is 13.6. The SMILES string of the molecule is C[C@@H]1CCCN(c2cc(N3CCCC[C@H]3C)nc(NC(=S)NCC3(c4ccccc4)CCCC3)n2)C1. The van der Waals surface area contributed by atoms with Gasteiger partial charge in [-0.15, -0.1) is 0 Å². The minimum atomic E-state index is 0.147. The van der Waals surface area contributed by atoms with Crippen LogP contribution in [0.1, 0.15) is 77.2 Å². The van der Waals surface area contributed by atoms with Crippen LogP contribution in [0.15, 0.2) is 36.4 Å². The first-order valence-electron chi connectivity index (χ1n) is 14.0. The summed E-state index contributed by atoms with van der Waals surface area (Å²) in [5.41, 5.74) is 1.56. The number of anilines is 3. The van der Waals surface area contributed by atoms with E-state index >= 15 is 0 Å². The summed E-state index contributed by atoms with van der Waals surface area (Å²) in [6.45, 7) is 8.64. The molecule has 0 spiro atoms. The van der Waals surface area contributed by atoms with Crippen molar-refractivity contribution in [3.05, 3.63) is 42.0 Å². The van der Waals surface area contributed by atoms with Gasteiger partial charge in [-0.05, 0) is 75.6 Å². The zero-order chi connectivity index (χ0) is 25.0. The Morgan fingerprint density at radius 2 is 1.75 bits per heavy atom. The number of aromatic nitrogens is 2. The molecule has 0 bridgehead atoms. The van der Waals surface area contributed by atoms with Crippen LogP contribution in [0.25, 0.3) is 0 Å². The van der Waals surface area contributed by atoms with E-state index in [-0.39, 0.29) is 5.41 Å². The van der Waals surface area contributed by atoms with Gasteiger partial charge in [-0.1, -0.05) is 50.1 Å². The second-order valence-corrected chi connectivity index (χ2v) is 11.7. The Bertz CT molecular complexity index is 1020. The fourth-order valence-electron chi connectivity index (χ4n) is 6.43. The summed E-state index contributed by atoms with van der Waals surface area (Å²) in [5, 5.41) is 7.51. The van der Waals surface area contributed by atoms with Gasteiger partial charge in [0.25, 0.3) is 0 Å². The second-order valence-electron chi connectivity index (χ2n) is 11.3. The third-order valence-corrected chi connectivity index (χ3v) is 8.78. The van der Waals surface area contributed by atoms with E-state index < -0.39 is 0 Å². The molecule has 1 aromatic carbocycles. The molecule has 2 N–H and O–H groups in total. The van der Waals surface area contributed by atoms with E-state index in [1.54, 1.807) is 0 Å². The number of piperidine rings is 2. The summed E-state index contributed by atoms with van der Waals surface area (Å²) < 4.78 is 0. The molecule has 2 aliphatic heterocycles. The molecule has 5 rings (SSSR count). The van der Waals surface area contributed by atoms with Crippen molar-refractivity contribution in [1.29, 1.82) is 0 Å². The summed E-state index contributed by atoms with van der Waals surface area (Å²) >= 11 is 5.78. The van der Waals surface area contributed by atoms with Crippen molar-refractivity contribution in [2.45, 2.75) is 83.1 Å². The Balaban J connectivity index is 1.33. The molecule has 6 nitrogen and oxygen atoms in total. The molecule has 194 valence electrons. The third-order valence-electron chi connectivity index (χ3n) is 8.54. The molecule has 0 unspecified atom stereocenters. The highest BCUT2D eigenvalue weighted by Gasteiger charge is 2.35. The van der Waals surface area contributed by atoms with Crippen molar-refractivity contribution < 1.29 is 0 Å². The van der Waals surface area contributed by atoms with Crippen molar-refractivity contribution >= 4 is 34.9 Å². The number of nitrogens with one attached hydrogen (secondary N) is 2. The van der Waals surface area contributed by atoms with E-state index in [1.165, 1.54) is 63.4 Å². The molecule has 7 heteroatoms. The van der Waals surface area contributed by atoms with Crippen molar-refractivity contribution in [2.75, 3.05) is 41.3 Å². The highest BCUT2D eigenvalue weighted by molar-refractivity contribution is 7.80. The van der Waals surface area contributed by atoms with Crippen LogP contribution in [0.4, 0.5) is 17.6 Å². The van der Waals surface area contributed by atoms with E-state index in [0.717, 1.165) is 37.8 Å². The number of rotatable bonds is 6. The summed E-state index contributed by atoms with van der Waals surface area (Å²) in [6.07, 6.45) is 11.2. The Morgan fingerprint density at radius 1 is 0.972 bits per heavy atom. The highest BCUT2D eigenvalue weighted by Crippen LogP contribution is 2.40. The molecule has 2 atom stereocenters. The quantitative estimate of drug-likeness (QED) is 0.474. The van der Waals surface area contributed by atoms with Crippen LogP contribution in [0, 0.1) is 5.92 Å². The number of hydrogen-bond donors (Lipinski definition) is 2. The average molecular weight is 507 g/mol. The Kier molecular flexibility index (Phi) is 7.94. The predicted octanol–water partition coefficient (Wildman–Crippen LogP) is 5.89. The monoisotopic (exact) mass is 506 g/mol. The standard InChI is InChI=1S/C29H42N6S/c1-22-11-10-17-34(20-22)25-19-26(35-18-9-6-12-23(35)2)32-27(31-25)33-28(36)30-21-29(15-7-8-16-29)24-13-4-3-5-14-24/h3-5,13-14,19,22-23H,6-12,15-18,20-21H2,1-2H3,(H2,30,31,32,33,36)/t22-,23-/m1/s1. The normalized spacial score (nSPS) is 23.9. The van der Waals surface area contributed by atoms with Crippen molar-refractivity contribution in [3.8, 4) is 0 Å². The minimum Gasteiger partial charge on any atom is -0.361 e. The first-order valence-corrected chi connectivity index (χ1v) is 14.4. The van der Waals surface area contributed by atoms with Crippen LogP contribution < -0.4 is 20.4 Å². The lowest BCUT2D eigenvalue weighted by Gasteiger charge is -2.36. The molecule has 36 heavy (non-hydrogen) atoms. The van der Waals surface area contributed by atoms with Gasteiger partial charge in [-0.25, -0.2) is 0 Å². The molecule has 0 amide bonds. The fourth-order valence-corrected chi connectivity index (χ4v) is 6.59. The molecular formula is C29H42N6S. The lowest BCUT2D eigenvalue weighted by Crippen LogP contribution is -2.41. The van der Waals surface area contributed by atoms with Gasteiger partial charge in [-0.2, -0.15) is 9.97 Å². The van der Waals surface area contributed by atoms with Crippen LogP contribution in [0.5, 0.6) is 0 Å². The zero-order valence-corrected chi connectivity index (χ0v) is 22.8. The molecule has 2 saturated heterocycles. The van der Waals surface area contributed by atoms with E-state index in [0.29, 0.717) is 23.0 Å². The topological polar surface area (TPSA) is 56.3 Å². The summed E-state index contributed by atoms with van der Waals surface area (Å²) in [4.78, 5) is 14.8. The smallest absolute Gasteiger partial charge is 0.232 e. The second kappa shape index (κ2) is 11.3. The lowest BCUT2D eigenvalue weighted by atomic mass is 9.79. The van der Waals surface area contributed by atoms with Gasteiger partial charge in [0.15, 0.2) is 5.11 Å². The van der Waals surface area contributed by atoms with Crippen molar-refractivity contribution in [3.63, 3.8) is 0 Å². The van der Waals surface area contributed by atoms with Crippen LogP contribution >= 0.6 is 12.2 Å². The van der Waals surface area contributed by atoms with E-state index in [4.69, 9.17) is 22.2 Å². The summed E-state index contributed by atoms with van der Waals surface area (Å²) in [7, 11) is 0. The van der Waals surface area contributed by atoms with Crippen molar-refractivity contribution in [1.82, 2.24) is 15.3 Å². The van der Waals surface area contributed by atoms with Gasteiger partial charge < -0.3 is 20.4 Å². The number of hydrogen-bond acceptors (Lipinski definition) is 5. The van der Waals surface area contributed by atoms with Crippen LogP contribution in [0.2, 0.25) is 0 Å². The maximum absolute atomic E-state index is 5.78. The maximum Gasteiger partial charge on any atom is 0.232 e. The summed E-state index contributed by atoms with van der Waals surface area (Å²) in [5.74, 6) is 3.33. The van der Waals surface area contributed by atoms with Gasteiger partial charge in [-0.3, -0.25) is 0 Å². The van der Waals surface area contributed by atoms with E-state index in [2.05, 4.69) is 70.7 Å². The fraction of sp³-hybridized carbons (Fsp3) is 0.621. The first kappa shape index (κ1) is 25.2. The van der Waals surface area contributed by atoms with E-state index in [9.17, 15) is 0 Å². The highest BCUT2D eigenvalue weighted by atomic mass is 32.1. The molecule has 0 radical (unpaired) electrons. The van der Waals surface area contributed by atoms with Gasteiger partial charge in [0.1, 0.15) is 11.6 Å². The molecule has 1 aromatic heterocycles. The number of benzene rings is 1. The third kappa shape index (κ3) is 5.77. The molecule has 3 fully saturated rings. The number of nitrogens with zero attached hydrogens (tertiary/aromatic N) is 4. The van der Waals surface area contributed by atoms with E-state index in [1.807, 2.05) is 0 Å². The van der Waals surface area contributed by atoms with Gasteiger partial charge >= 0.3 is 0 Å². The van der Waals surface area contributed by atoms with Gasteiger partial charge in [0.05, 0.1) is 0 Å². The Hall–Kier alpha value is -2.41. The molecule has 2 aromatic rings. The van der Waals surface area contributed by atoms with Crippen LogP contribution in [-0.2, 0) is 5.41 Å². The minimum absolute atomic E-state index is 0.147. The van der Waals surface area contributed by atoms with Crippen LogP contribution in [0.3, 0.4) is 0 Å². The molecule has 1 aliphatic carbocycles. The molecule has 3 heterocycles. The van der Waals surface area contributed by atoms with Crippen molar-refractivity contribution in [2.24, 2.45) is 5.92 Å². The Morgan fingerprint density at radius 3 is 2.50 bits per heavy atom. The largest absolute Gasteiger partial charge is 0.361 e. The molecular weight excluding hydrogens is 464 g/mol. The molecule has 1 saturated carbocycles. The predicted molar refractivity (Wildman–Crippen MR) is 154 cm³/mol. The zero-order valence-electron chi connectivity index (χ0n) is 22.0. The Labute approximate surface area is 222 Å².